The predicted molar refractivity (Wildman–Crippen MR) is 149 cm³/mol. The monoisotopic (exact) mass is 489 g/mol. The van der Waals surface area contributed by atoms with Gasteiger partial charge in [-0.2, -0.15) is 0 Å². The van der Waals surface area contributed by atoms with Crippen molar-refractivity contribution in [2.24, 2.45) is 0 Å². The van der Waals surface area contributed by atoms with Crippen LogP contribution in [0.2, 0.25) is 0 Å². The van der Waals surface area contributed by atoms with Gasteiger partial charge in [-0.1, -0.05) is 20.1 Å². The number of piperidine rings is 1. The molecule has 1 fully saturated rings. The van der Waals surface area contributed by atoms with E-state index in [1.54, 1.807) is 12.3 Å². The minimum Gasteiger partial charge on any atom is -0.371 e. The number of aromatic nitrogens is 2. The maximum atomic E-state index is 14.0. The first-order chi connectivity index (χ1) is 16.9. The number of hydrogen-bond acceptors (Lipinski definition) is 4. The number of rotatable bonds is 6. The highest BCUT2D eigenvalue weighted by Gasteiger charge is 2.21. The second kappa shape index (κ2) is 9.96. The molecule has 0 amide bonds. The second-order valence-corrected chi connectivity index (χ2v) is 12.0. The summed E-state index contributed by atoms with van der Waals surface area (Å²) in [5, 5.41) is 5.61. The number of H-pyrrole nitrogens is 1. The zero-order chi connectivity index (χ0) is 24.5. The van der Waals surface area contributed by atoms with Crippen LogP contribution < -0.4 is 15.5 Å². The van der Waals surface area contributed by atoms with Crippen LogP contribution in [-0.2, 0) is 0 Å². The summed E-state index contributed by atoms with van der Waals surface area (Å²) < 4.78 is 14.0. The lowest BCUT2D eigenvalue weighted by molar-refractivity contribution is 0.249. The van der Waals surface area contributed by atoms with Gasteiger partial charge in [-0.05, 0) is 93.6 Å². The fourth-order valence-corrected chi connectivity index (χ4v) is 5.90. The van der Waals surface area contributed by atoms with Crippen molar-refractivity contribution < 1.29 is 4.39 Å². The molecule has 0 atom stereocenters. The van der Waals surface area contributed by atoms with Crippen molar-refractivity contribution in [2.45, 2.75) is 18.9 Å². The molecule has 0 saturated carbocycles. The van der Waals surface area contributed by atoms with Gasteiger partial charge in [0, 0.05) is 47.8 Å². The number of hydrogen-bond donors (Lipinski definition) is 2. The van der Waals surface area contributed by atoms with E-state index in [-0.39, 0.29) is 13.7 Å². The molecule has 1 aliphatic heterocycles. The van der Waals surface area contributed by atoms with Gasteiger partial charge in [0.25, 0.3) is 0 Å². The Kier molecular flexibility index (Phi) is 6.77. The average molecular weight is 490 g/mol. The van der Waals surface area contributed by atoms with Gasteiger partial charge in [0.15, 0.2) is 0 Å². The zero-order valence-corrected chi connectivity index (χ0v) is 21.7. The summed E-state index contributed by atoms with van der Waals surface area (Å²) in [4.78, 5) is 12.8. The number of anilines is 3. The zero-order valence-electron chi connectivity index (χ0n) is 20.8. The molecule has 2 aromatic heterocycles. The van der Waals surface area contributed by atoms with Gasteiger partial charge >= 0.3 is 0 Å². The van der Waals surface area contributed by atoms with Crippen LogP contribution in [-0.4, -0.2) is 61.4 Å². The lowest BCUT2D eigenvalue weighted by atomic mass is 10.0. The first-order valence-corrected chi connectivity index (χ1v) is 14.4. The van der Waals surface area contributed by atoms with E-state index in [0.717, 1.165) is 52.1 Å². The van der Waals surface area contributed by atoms with Crippen LogP contribution in [0.4, 0.5) is 21.5 Å². The summed E-state index contributed by atoms with van der Waals surface area (Å²) in [7, 11) is 3.98. The molecule has 5 nitrogen and oxygen atoms in total. The van der Waals surface area contributed by atoms with Crippen molar-refractivity contribution in [3.05, 3.63) is 66.6 Å². The molecule has 0 radical (unpaired) electrons. The lowest BCUT2D eigenvalue weighted by Gasteiger charge is -2.36. The third kappa shape index (κ3) is 5.05. The normalized spacial score (nSPS) is 14.9. The molecular weight excluding hydrogens is 456 g/mol. The van der Waals surface area contributed by atoms with E-state index in [9.17, 15) is 4.39 Å². The smallest absolute Gasteiger partial charge is 0.139 e. The molecule has 2 N–H and O–H groups in total. The molecule has 3 heterocycles. The molecule has 182 valence electrons. The number of aromatic amines is 1. The van der Waals surface area contributed by atoms with Crippen LogP contribution in [0.25, 0.3) is 22.3 Å². The third-order valence-corrected chi connectivity index (χ3v) is 8.33. The number of halogens is 1. The summed E-state index contributed by atoms with van der Waals surface area (Å²) in [6.45, 7) is 6.54. The van der Waals surface area contributed by atoms with Crippen LogP contribution in [0.1, 0.15) is 12.8 Å². The molecular formula is C28H33FN5P. The van der Waals surface area contributed by atoms with Crippen molar-refractivity contribution in [2.75, 3.05) is 50.7 Å². The molecule has 7 heteroatoms. The molecule has 0 unspecified atom stereocenters. The highest BCUT2D eigenvalue weighted by Crippen LogP contribution is 2.34. The maximum Gasteiger partial charge on any atom is 0.139 e. The average Bonchev–Trinajstić information content (AvgIpc) is 3.30. The molecule has 35 heavy (non-hydrogen) atoms. The van der Waals surface area contributed by atoms with Gasteiger partial charge in [0.05, 0.1) is 5.69 Å². The number of benzene rings is 2. The Morgan fingerprint density at radius 1 is 1.00 bits per heavy atom. The fraction of sp³-hybridized carbons (Fsp3) is 0.321. The maximum absolute atomic E-state index is 14.0. The molecule has 0 bridgehead atoms. The van der Waals surface area contributed by atoms with Crippen LogP contribution >= 0.6 is 7.92 Å². The van der Waals surface area contributed by atoms with Gasteiger partial charge in [-0.15, -0.1) is 0 Å². The van der Waals surface area contributed by atoms with E-state index in [1.165, 1.54) is 24.6 Å². The Morgan fingerprint density at radius 3 is 2.43 bits per heavy atom. The second-order valence-electron chi connectivity index (χ2n) is 9.71. The Hall–Kier alpha value is -2.95. The number of nitrogens with one attached hydrogen (secondary N) is 2. The van der Waals surface area contributed by atoms with Crippen molar-refractivity contribution in [1.29, 1.82) is 0 Å². The van der Waals surface area contributed by atoms with Gasteiger partial charge in [-0.25, -0.2) is 9.37 Å². The highest BCUT2D eigenvalue weighted by molar-refractivity contribution is 7.64. The van der Waals surface area contributed by atoms with E-state index in [4.69, 9.17) is 0 Å². The van der Waals surface area contributed by atoms with Gasteiger partial charge in [0.1, 0.15) is 11.5 Å². The summed E-state index contributed by atoms with van der Waals surface area (Å²) in [6.07, 6.45) is 4.18. The standard InChI is InChI=1S/C28H33FN5P/c1-33(2)21-12-15-34(16-13-21)22-8-5-19(6-9-22)25-18-23-24(11-14-30-28(23)32-25)31-26-17-20(29)7-10-27(26)35(3)4/h5-11,14,17-18,21H,12-13,15-16H2,1-4H3,(H2,30,31,32). The van der Waals surface area contributed by atoms with E-state index in [0.29, 0.717) is 6.04 Å². The van der Waals surface area contributed by atoms with Crippen molar-refractivity contribution in [3.63, 3.8) is 0 Å². The Morgan fingerprint density at radius 2 is 1.74 bits per heavy atom. The van der Waals surface area contributed by atoms with Gasteiger partial charge in [-0.3, -0.25) is 0 Å². The number of fused-ring (bicyclic) bond motifs is 1. The van der Waals surface area contributed by atoms with Gasteiger partial charge < -0.3 is 20.1 Å². The number of nitrogens with zero attached hydrogens (tertiary/aromatic N) is 3. The third-order valence-electron chi connectivity index (χ3n) is 6.98. The Balaban J connectivity index is 1.39. The van der Waals surface area contributed by atoms with E-state index in [1.807, 2.05) is 12.1 Å². The van der Waals surface area contributed by atoms with Crippen LogP contribution in [0, 0.1) is 5.82 Å². The Bertz CT molecular complexity index is 1310. The van der Waals surface area contributed by atoms with E-state index in [2.05, 4.69) is 82.8 Å². The molecule has 4 aromatic rings. The molecule has 1 saturated heterocycles. The van der Waals surface area contributed by atoms with E-state index >= 15 is 0 Å². The summed E-state index contributed by atoms with van der Waals surface area (Å²) in [5.74, 6) is -0.237. The summed E-state index contributed by atoms with van der Waals surface area (Å²) >= 11 is 0. The van der Waals surface area contributed by atoms with Crippen molar-refractivity contribution in [1.82, 2.24) is 14.9 Å². The van der Waals surface area contributed by atoms with E-state index < -0.39 is 0 Å². The summed E-state index contributed by atoms with van der Waals surface area (Å²) in [6, 6.07) is 18.5. The fourth-order valence-electron chi connectivity index (χ4n) is 4.93. The molecule has 0 aliphatic carbocycles. The lowest BCUT2D eigenvalue weighted by Crippen LogP contribution is -2.41. The molecule has 0 spiro atoms. The predicted octanol–water partition coefficient (Wildman–Crippen LogP) is 6.01. The van der Waals surface area contributed by atoms with Crippen molar-refractivity contribution in [3.8, 4) is 11.3 Å². The molecule has 5 rings (SSSR count). The SMILES string of the molecule is CN(C)C1CCN(c2ccc(-c3cc4c(Nc5cc(F)ccc5P(C)C)ccnc4[nH]3)cc2)CC1. The first-order valence-electron chi connectivity index (χ1n) is 12.1. The van der Waals surface area contributed by atoms with Crippen LogP contribution in [0.15, 0.2) is 60.8 Å². The Labute approximate surface area is 208 Å². The molecule has 1 aliphatic rings. The number of pyridine rings is 1. The highest BCUT2D eigenvalue weighted by atomic mass is 31.1. The molecule has 2 aromatic carbocycles. The minimum atomic E-state index is -0.373. The van der Waals surface area contributed by atoms with Crippen molar-refractivity contribution >= 4 is 41.3 Å². The van der Waals surface area contributed by atoms with Crippen LogP contribution in [0.3, 0.4) is 0 Å². The van der Waals surface area contributed by atoms with Crippen LogP contribution in [0.5, 0.6) is 0 Å². The quantitative estimate of drug-likeness (QED) is 0.326. The first kappa shape index (κ1) is 23.8. The topological polar surface area (TPSA) is 47.2 Å². The summed E-state index contributed by atoms with van der Waals surface area (Å²) in [5.41, 5.74) is 5.97. The minimum absolute atomic E-state index is 0.237. The largest absolute Gasteiger partial charge is 0.371 e. The van der Waals surface area contributed by atoms with Gasteiger partial charge in [0.2, 0.25) is 0 Å².